The summed E-state index contributed by atoms with van der Waals surface area (Å²) in [6, 6.07) is 63.9. The maximum Gasteiger partial charge on any atom is 0.373 e. The van der Waals surface area contributed by atoms with Crippen molar-refractivity contribution in [1.82, 2.24) is 99.0 Å². The molecule has 0 saturated carbocycles. The molecule has 0 unspecified atom stereocenters. The van der Waals surface area contributed by atoms with Gasteiger partial charge in [0.15, 0.2) is 5.69 Å². The molecule has 0 spiro atoms. The van der Waals surface area contributed by atoms with E-state index in [9.17, 15) is 41.5 Å². The Bertz CT molecular complexity index is 6730. The summed E-state index contributed by atoms with van der Waals surface area (Å²) in [5.74, 6) is 9.96. The molecule has 0 atom stereocenters. The number of rotatable bonds is 21. The number of halogens is 8. The summed E-state index contributed by atoms with van der Waals surface area (Å²) in [7, 11) is 7.52. The van der Waals surface area contributed by atoms with Crippen LogP contribution in [0.3, 0.4) is 0 Å². The van der Waals surface area contributed by atoms with Crippen LogP contribution in [-0.2, 0) is 238 Å². The van der Waals surface area contributed by atoms with Gasteiger partial charge in [-0.2, -0.15) is 151 Å². The zero-order chi connectivity index (χ0) is 88.7. The second-order valence-electron chi connectivity index (χ2n) is 25.4. The number of alkyl halides is 3. The zero-order valence-corrected chi connectivity index (χ0v) is 89.5. The molecule has 15 rings (SSSR count). The minimum Gasteiger partial charge on any atom is -0.514 e. The number of hydrogen-bond acceptors (Lipinski definition) is 20. The number of allylic oxidation sites excluding steroid dienone is 1. The van der Waals surface area contributed by atoms with E-state index in [1.807, 2.05) is 61.5 Å². The van der Waals surface area contributed by atoms with Crippen molar-refractivity contribution in [1.29, 1.82) is 0 Å². The third-order valence-corrected chi connectivity index (χ3v) is 19.9. The van der Waals surface area contributed by atoms with Crippen molar-refractivity contribution in [3.05, 3.63) is 356 Å². The molecule has 0 aliphatic carbocycles. The summed E-state index contributed by atoms with van der Waals surface area (Å²) in [4.78, 5) is 64.2. The molecule has 5 radical (unpaired) electrons. The second-order valence-corrected chi connectivity index (χ2v) is 28.8. The van der Waals surface area contributed by atoms with E-state index >= 15 is 0 Å². The van der Waals surface area contributed by atoms with E-state index in [1.54, 1.807) is 124 Å². The molecule has 645 valence electrons. The molecule has 5 aromatic heterocycles. The van der Waals surface area contributed by atoms with Crippen molar-refractivity contribution in [2.24, 2.45) is 35.2 Å². The normalized spacial score (nSPS) is 10.3. The Hall–Kier alpha value is -8.94. The monoisotopic (exact) mass is 2370 g/mol. The second kappa shape index (κ2) is 52.3. The van der Waals surface area contributed by atoms with Crippen LogP contribution in [0, 0.1) is 66.9 Å². The molecule has 0 amide bonds. The first-order chi connectivity index (χ1) is 59.7. The van der Waals surface area contributed by atoms with Gasteiger partial charge in [0.2, 0.25) is 0 Å². The van der Waals surface area contributed by atoms with E-state index in [0.717, 1.165) is 81.8 Å². The van der Waals surface area contributed by atoms with E-state index in [0.29, 0.717) is 68.1 Å². The van der Waals surface area contributed by atoms with Crippen molar-refractivity contribution in [3.8, 4) is 81.4 Å². The summed E-state index contributed by atoms with van der Waals surface area (Å²) >= 11 is 13.7. The fraction of sp³-hybridized carbons (Fsp3) is 0.153. The van der Waals surface area contributed by atoms with Gasteiger partial charge in [0.1, 0.15) is 38.9 Å². The number of hydrogen-bond donors (Lipinski definition) is 0. The average Bonchev–Trinajstić information content (AvgIpc) is 1.73. The van der Waals surface area contributed by atoms with Gasteiger partial charge in [-0.15, -0.1) is 106 Å². The third-order valence-electron chi connectivity index (χ3n) is 17.4. The fourth-order valence-electron chi connectivity index (χ4n) is 11.3. The van der Waals surface area contributed by atoms with Crippen molar-refractivity contribution >= 4 is 75.5 Å². The molecule has 5 heterocycles. The van der Waals surface area contributed by atoms with Crippen molar-refractivity contribution in [2.75, 3.05) is 0 Å². The Labute approximate surface area is 893 Å². The van der Waals surface area contributed by atoms with Gasteiger partial charge in [0, 0.05) is 261 Å². The molecule has 0 N–H and O–H groups in total. The van der Waals surface area contributed by atoms with Crippen LogP contribution in [0.1, 0.15) is 63.9 Å². The van der Waals surface area contributed by atoms with Crippen LogP contribution < -0.4 is 52.1 Å². The molecular weight excluding hydrogens is 2320 g/mol. The van der Waals surface area contributed by atoms with Crippen LogP contribution in [0.5, 0.6) is 28.7 Å². The molecule has 0 fully saturated rings. The van der Waals surface area contributed by atoms with Gasteiger partial charge >= 0.3 is 34.6 Å². The quantitative estimate of drug-likeness (QED) is 0.0366. The van der Waals surface area contributed by atoms with E-state index < -0.39 is 41.3 Å². The van der Waals surface area contributed by atoms with Gasteiger partial charge < -0.3 is 23.7 Å². The first-order valence-electron chi connectivity index (χ1n) is 36.2. The molecule has 10 aromatic carbocycles. The van der Waals surface area contributed by atoms with E-state index in [1.165, 1.54) is 62.8 Å². The van der Waals surface area contributed by atoms with Gasteiger partial charge in [-0.05, 0) is 126 Å². The standard InChI is InChI=1S/C18H16BrN4O2.C18H14BrN4O2.C17H12BrN4O2.C16H11BrN5O2.C16H11F4N4O2.5Y/c2*1-3-7-13-8-6-10-16(23-18(24)22(2)20-21-23)14(13)12-25-17-11-5-4-9-15(17)19;1-3-12-7-6-9-15(22-17(23)21(2)19-20-22)13(12)11-24-16-10-5-4-8-14(16)18;1-18-13-7-5-8-14(22-16(23)21(2)19-20-22)11(13)10-24-15-9-4-3-6-12(15)17;1-23-15(25)24(22-21-23)13-7-4-6-12(17)10(13)9-26-14-8-3-2-5-11(14)16(18,19)20;;;;;/h3,5-11H,12H2,1-2H3;5-6,8-11H,12H2,1-2H3;1,5-10H,11H2,2H3;4-9H,10H2,2H3;3-8H,9H2,1H3;;;;;/q5*-1;;;;;/b7-3+;;;;;;;;;. The van der Waals surface area contributed by atoms with Crippen LogP contribution in [-0.4, -0.2) is 99.0 Å². The van der Waals surface area contributed by atoms with Gasteiger partial charge in [0.25, 0.3) is 0 Å². The van der Waals surface area contributed by atoms with Crippen LogP contribution in [0.4, 0.5) is 23.2 Å². The number of nitrogens with zero attached hydrogens (tertiary/aromatic N) is 21. The summed E-state index contributed by atoms with van der Waals surface area (Å²) in [5.41, 5.74) is 4.69. The predicted octanol–water partition coefficient (Wildman–Crippen LogP) is 12.9. The smallest absolute Gasteiger partial charge is 0.373 e. The first kappa shape index (κ1) is 109. The van der Waals surface area contributed by atoms with Gasteiger partial charge in [0.05, 0.1) is 40.6 Å². The van der Waals surface area contributed by atoms with Crippen LogP contribution in [0.15, 0.2) is 230 Å². The average molecular weight is 2380 g/mol. The van der Waals surface area contributed by atoms with Crippen molar-refractivity contribution in [2.45, 2.75) is 53.1 Å². The van der Waals surface area contributed by atoms with E-state index in [4.69, 9.17) is 36.7 Å². The molecule has 129 heavy (non-hydrogen) atoms. The van der Waals surface area contributed by atoms with Crippen LogP contribution in [0.2, 0.25) is 0 Å². The largest absolute Gasteiger partial charge is 0.514 e. The minimum absolute atomic E-state index is 0. The number of aryl methyl sites for hydroxylation is 5. The molecular formula is C85H64Br4F4N21O10Y5-5. The number of aromatic nitrogens is 20. The molecule has 0 saturated heterocycles. The van der Waals surface area contributed by atoms with E-state index in [-0.39, 0.29) is 218 Å². The first-order valence-corrected chi connectivity index (χ1v) is 39.4. The summed E-state index contributed by atoms with van der Waals surface area (Å²) in [6.45, 7) is 11.3. The Morgan fingerprint density at radius 2 is 0.721 bits per heavy atom. The number of benzene rings is 10. The summed E-state index contributed by atoms with van der Waals surface area (Å²) < 4.78 is 96.4. The maximum atomic E-state index is 14.2. The number of tetrazole rings is 5. The summed E-state index contributed by atoms with van der Waals surface area (Å²) in [6.07, 6.45) is 4.86. The van der Waals surface area contributed by atoms with Gasteiger partial charge in [-0.1, -0.05) is 84.3 Å². The SMILES string of the molecule is C#Cc1cccc(-n2nnn(C)c2=O)c1COc1cc[c-]cc1Br.C/C=C/c1cccc(-n2nnn(C)c2=O)c1COc1cc[c-]cc1Br.CC#Cc1cccc(-n2nnn(C)c2=O)c1COc1cc[c-]cc1Br.Cn1nnn(-c2cccc(F)c2COc2cc[c-]cc2C(F)(F)F)c1=O.[C-]#[N+]c1cccc(-n2nnn(C)c2=O)c1COc1cc[c-]cc1Br.[Y].[Y].[Y].[Y].[Y]. The zero-order valence-electron chi connectivity index (χ0n) is 69.0. The molecule has 0 aliphatic rings. The Morgan fingerprint density at radius 3 is 1.07 bits per heavy atom. The van der Waals surface area contributed by atoms with Crippen molar-refractivity contribution in [3.63, 3.8) is 0 Å². The molecule has 44 heteroatoms. The van der Waals surface area contributed by atoms with Crippen LogP contribution >= 0.6 is 63.7 Å². The molecule has 15 aromatic rings. The number of terminal acetylenes is 1. The Balaban J connectivity index is 0.000000246. The van der Waals surface area contributed by atoms with Crippen LogP contribution in [0.25, 0.3) is 39.4 Å². The van der Waals surface area contributed by atoms with Gasteiger partial charge in [-0.25, -0.2) is 33.2 Å². The van der Waals surface area contributed by atoms with Gasteiger partial charge in [-0.3, -0.25) is 0 Å². The van der Waals surface area contributed by atoms with Crippen molar-refractivity contribution < 1.29 is 205 Å². The topological polar surface area (TPSA) is 314 Å². The fourth-order valence-corrected chi connectivity index (χ4v) is 12.8. The molecule has 0 aliphatic heterocycles. The Kier molecular flexibility index (Phi) is 44.2. The maximum absolute atomic E-state index is 14.2. The third kappa shape index (κ3) is 27.8. The Morgan fingerprint density at radius 1 is 0.419 bits per heavy atom. The number of ether oxygens (including phenoxy) is 5. The van der Waals surface area contributed by atoms with E-state index in [2.05, 4.69) is 169 Å². The predicted molar refractivity (Wildman–Crippen MR) is 458 cm³/mol. The summed E-state index contributed by atoms with van der Waals surface area (Å²) in [5, 5.41) is 37.7. The molecule has 31 nitrogen and oxygen atoms in total. The molecule has 0 bridgehead atoms. The minimum atomic E-state index is -4.65.